The van der Waals surface area contributed by atoms with Gasteiger partial charge in [0.1, 0.15) is 5.75 Å². The highest BCUT2D eigenvalue weighted by atomic mass is 28.4. The normalized spacial score (nSPS) is 21.1. The van der Waals surface area contributed by atoms with Crippen LogP contribution in [0.4, 0.5) is 11.6 Å². The first kappa shape index (κ1) is 31.6. The number of benzene rings is 1. The molecule has 230 valence electrons. The molecule has 1 fully saturated rings. The van der Waals surface area contributed by atoms with Gasteiger partial charge in [0.15, 0.2) is 8.32 Å². The Labute approximate surface area is 258 Å². The van der Waals surface area contributed by atoms with E-state index < -0.39 is 26.6 Å². The molecule has 3 heterocycles. The third kappa shape index (κ3) is 6.12. The molecule has 1 atom stereocenters. The van der Waals surface area contributed by atoms with Gasteiger partial charge in [-0.3, -0.25) is 4.98 Å². The standard InChI is InChI=1S/C33H47BN4O4Si/c1-30(2,3)43(10,11)40-21-33(8)16-14-26-24(33)18-22(20-36-26)25-15-17-35-29(37-25)38-27-13-12-23(19-28(27)39-9)34-41-31(4,5)32(6,7)42-34/h12-13,15,17-20H,14,16,21H2,1-11H3,(H,35,37,38). The maximum atomic E-state index is 6.70. The molecule has 2 aliphatic rings. The predicted molar refractivity (Wildman–Crippen MR) is 176 cm³/mol. The second-order valence-corrected chi connectivity index (χ2v) is 19.6. The Bertz CT molecular complexity index is 1490. The number of hydrogen-bond acceptors (Lipinski definition) is 8. The second kappa shape index (κ2) is 11.0. The number of fused-ring (bicyclic) bond motifs is 1. The van der Waals surface area contributed by atoms with E-state index in [1.807, 2.05) is 58.2 Å². The van der Waals surface area contributed by atoms with Crippen LogP contribution in [0.2, 0.25) is 18.1 Å². The number of nitrogens with one attached hydrogen (secondary N) is 1. The van der Waals surface area contributed by atoms with Crippen LogP contribution in [-0.2, 0) is 25.6 Å². The quantitative estimate of drug-likeness (QED) is 0.281. The second-order valence-electron chi connectivity index (χ2n) is 14.8. The molecule has 2 aromatic heterocycles. The van der Waals surface area contributed by atoms with Gasteiger partial charge >= 0.3 is 7.12 Å². The highest BCUT2D eigenvalue weighted by molar-refractivity contribution is 6.74. The van der Waals surface area contributed by atoms with Crippen LogP contribution in [0.15, 0.2) is 42.7 Å². The van der Waals surface area contributed by atoms with Crippen LogP contribution < -0.4 is 15.5 Å². The summed E-state index contributed by atoms with van der Waals surface area (Å²) in [6, 6.07) is 10.0. The lowest BCUT2D eigenvalue weighted by molar-refractivity contribution is 0.00578. The van der Waals surface area contributed by atoms with E-state index in [0.29, 0.717) is 18.3 Å². The zero-order valence-corrected chi connectivity index (χ0v) is 28.7. The Hall–Kier alpha value is -2.79. The minimum Gasteiger partial charge on any atom is -0.495 e. The van der Waals surface area contributed by atoms with Gasteiger partial charge in [-0.1, -0.05) is 33.8 Å². The highest BCUT2D eigenvalue weighted by Crippen LogP contribution is 2.43. The molecule has 0 spiro atoms. The van der Waals surface area contributed by atoms with E-state index in [4.69, 9.17) is 28.4 Å². The summed E-state index contributed by atoms with van der Waals surface area (Å²) in [7, 11) is -0.696. The summed E-state index contributed by atoms with van der Waals surface area (Å²) < 4.78 is 24.9. The lowest BCUT2D eigenvalue weighted by atomic mass is 9.79. The first-order valence-electron chi connectivity index (χ1n) is 15.2. The summed E-state index contributed by atoms with van der Waals surface area (Å²) in [6.07, 6.45) is 5.69. The smallest absolute Gasteiger partial charge is 0.494 e. The van der Waals surface area contributed by atoms with Gasteiger partial charge in [-0.15, -0.1) is 0 Å². The summed E-state index contributed by atoms with van der Waals surface area (Å²) in [4.78, 5) is 14.2. The Morgan fingerprint density at radius 3 is 2.35 bits per heavy atom. The minimum absolute atomic E-state index is 0.0751. The molecular formula is C33H47BN4O4Si. The van der Waals surface area contributed by atoms with E-state index >= 15 is 0 Å². The molecule has 5 rings (SSSR count). The number of methoxy groups -OCH3 is 1. The van der Waals surface area contributed by atoms with Crippen molar-refractivity contribution in [1.82, 2.24) is 15.0 Å². The van der Waals surface area contributed by atoms with E-state index in [0.717, 1.165) is 40.9 Å². The van der Waals surface area contributed by atoms with Crippen molar-refractivity contribution >= 4 is 32.5 Å². The van der Waals surface area contributed by atoms with E-state index in [9.17, 15) is 0 Å². The van der Waals surface area contributed by atoms with Gasteiger partial charge in [-0.25, -0.2) is 9.97 Å². The molecule has 10 heteroatoms. The van der Waals surface area contributed by atoms with Crippen molar-refractivity contribution in [2.75, 3.05) is 19.0 Å². The van der Waals surface area contributed by atoms with E-state index in [-0.39, 0.29) is 10.5 Å². The van der Waals surface area contributed by atoms with E-state index in [2.05, 4.69) is 57.2 Å². The lowest BCUT2D eigenvalue weighted by Crippen LogP contribution is -2.44. The molecule has 0 amide bonds. The van der Waals surface area contributed by atoms with Crippen molar-refractivity contribution in [1.29, 1.82) is 0 Å². The van der Waals surface area contributed by atoms with Gasteiger partial charge < -0.3 is 23.8 Å². The van der Waals surface area contributed by atoms with Crippen LogP contribution in [0, 0.1) is 0 Å². The van der Waals surface area contributed by atoms with Gasteiger partial charge in [0.05, 0.1) is 29.7 Å². The van der Waals surface area contributed by atoms with E-state index in [1.54, 1.807) is 13.3 Å². The van der Waals surface area contributed by atoms with Crippen molar-refractivity contribution in [3.63, 3.8) is 0 Å². The van der Waals surface area contributed by atoms with Crippen molar-refractivity contribution in [2.24, 2.45) is 0 Å². The monoisotopic (exact) mass is 602 g/mol. The number of ether oxygens (including phenoxy) is 1. The zero-order chi connectivity index (χ0) is 31.4. The SMILES string of the molecule is COc1cc(B2OC(C)(C)C(C)(C)O2)ccc1Nc1nccc(-c2cnc3c(c2)C(C)(CO[Si](C)(C)C(C)(C)C)CC3)n1. The molecule has 8 nitrogen and oxygen atoms in total. The summed E-state index contributed by atoms with van der Waals surface area (Å²) >= 11 is 0. The van der Waals surface area contributed by atoms with Crippen LogP contribution in [0.25, 0.3) is 11.3 Å². The van der Waals surface area contributed by atoms with Crippen molar-refractivity contribution in [3.05, 3.63) is 54.0 Å². The zero-order valence-electron chi connectivity index (χ0n) is 27.7. The molecule has 0 saturated carbocycles. The van der Waals surface area contributed by atoms with Crippen LogP contribution in [0.1, 0.15) is 73.1 Å². The summed E-state index contributed by atoms with van der Waals surface area (Å²) in [5, 5.41) is 3.51. The van der Waals surface area contributed by atoms with Crippen molar-refractivity contribution in [3.8, 4) is 17.0 Å². The molecule has 1 aliphatic heterocycles. The van der Waals surface area contributed by atoms with Crippen LogP contribution >= 0.6 is 0 Å². The summed E-state index contributed by atoms with van der Waals surface area (Å²) in [5.74, 6) is 1.13. The third-order valence-electron chi connectivity index (χ3n) is 10.0. The number of hydrogen-bond donors (Lipinski definition) is 1. The van der Waals surface area contributed by atoms with Crippen molar-refractivity contribution < 1.29 is 18.5 Å². The minimum atomic E-state index is -1.87. The fourth-order valence-electron chi connectivity index (χ4n) is 5.23. The largest absolute Gasteiger partial charge is 0.495 e. The molecule has 0 radical (unpaired) electrons. The summed E-state index contributed by atoms with van der Waals surface area (Å²) in [5.41, 5.74) is 4.92. The Kier molecular flexibility index (Phi) is 8.08. The van der Waals surface area contributed by atoms with Gasteiger partial charge in [0.2, 0.25) is 5.95 Å². The highest BCUT2D eigenvalue weighted by Gasteiger charge is 2.52. The van der Waals surface area contributed by atoms with Crippen molar-refractivity contribution in [2.45, 2.75) is 103 Å². The fraction of sp³-hybridized carbons (Fsp3) is 0.545. The Balaban J connectivity index is 1.36. The molecule has 1 aromatic carbocycles. The van der Waals surface area contributed by atoms with Crippen LogP contribution in [0.5, 0.6) is 5.75 Å². The fourth-order valence-corrected chi connectivity index (χ4v) is 6.34. The summed E-state index contributed by atoms with van der Waals surface area (Å²) in [6.45, 7) is 22.7. The Morgan fingerprint density at radius 1 is 1.00 bits per heavy atom. The van der Waals surface area contributed by atoms with Gasteiger partial charge in [0.25, 0.3) is 0 Å². The number of rotatable bonds is 8. The lowest BCUT2D eigenvalue weighted by Gasteiger charge is -2.39. The molecule has 1 N–H and O–H groups in total. The molecular weight excluding hydrogens is 555 g/mol. The van der Waals surface area contributed by atoms with Crippen LogP contribution in [-0.4, -0.2) is 55.3 Å². The molecule has 1 aliphatic carbocycles. The number of nitrogens with zero attached hydrogens (tertiary/aromatic N) is 3. The maximum absolute atomic E-state index is 6.70. The first-order chi connectivity index (χ1) is 19.9. The molecule has 0 bridgehead atoms. The number of aromatic nitrogens is 3. The predicted octanol–water partition coefficient (Wildman–Crippen LogP) is 6.82. The Morgan fingerprint density at radius 2 is 1.70 bits per heavy atom. The topological polar surface area (TPSA) is 87.6 Å². The number of anilines is 2. The third-order valence-corrected chi connectivity index (χ3v) is 14.5. The average molecular weight is 603 g/mol. The molecule has 43 heavy (non-hydrogen) atoms. The molecule has 3 aromatic rings. The van der Waals surface area contributed by atoms with Gasteiger partial charge in [-0.05, 0) is 94.0 Å². The van der Waals surface area contributed by atoms with Crippen LogP contribution in [0.3, 0.4) is 0 Å². The van der Waals surface area contributed by atoms with E-state index in [1.165, 1.54) is 5.56 Å². The average Bonchev–Trinajstić information content (AvgIpc) is 3.38. The number of aryl methyl sites for hydroxylation is 1. The maximum Gasteiger partial charge on any atom is 0.494 e. The number of pyridine rings is 1. The first-order valence-corrected chi connectivity index (χ1v) is 18.1. The van der Waals surface area contributed by atoms with Gasteiger partial charge in [-0.2, -0.15) is 0 Å². The van der Waals surface area contributed by atoms with Gasteiger partial charge in [0, 0.05) is 35.7 Å². The molecule has 1 saturated heterocycles. The molecule has 1 unspecified atom stereocenters.